The largest absolute Gasteiger partial charge is 0.389 e. The van der Waals surface area contributed by atoms with Gasteiger partial charge in [0.2, 0.25) is 0 Å². The Morgan fingerprint density at radius 2 is 1.69 bits per heavy atom. The summed E-state index contributed by atoms with van der Waals surface area (Å²) < 4.78 is 12.2. The molecule has 4 aliphatic carbocycles. The first-order valence-corrected chi connectivity index (χ1v) is 13.0. The number of anilines is 1. The van der Waals surface area contributed by atoms with Gasteiger partial charge in [-0.25, -0.2) is 0 Å². The van der Waals surface area contributed by atoms with Gasteiger partial charge in [0.25, 0.3) is 0 Å². The minimum atomic E-state index is -0.450. The van der Waals surface area contributed by atoms with E-state index in [1.165, 1.54) is 49.8 Å². The lowest BCUT2D eigenvalue weighted by Gasteiger charge is -2.56. The molecule has 5 aliphatic rings. The van der Waals surface area contributed by atoms with Crippen LogP contribution >= 0.6 is 11.6 Å². The summed E-state index contributed by atoms with van der Waals surface area (Å²) in [7, 11) is 0. The van der Waals surface area contributed by atoms with Crippen LogP contribution in [0.3, 0.4) is 0 Å². The predicted octanol–water partition coefficient (Wildman–Crippen LogP) is 4.13. The zero-order valence-electron chi connectivity index (χ0n) is 19.5. The summed E-state index contributed by atoms with van der Waals surface area (Å²) in [5.74, 6) is 2.73. The van der Waals surface area contributed by atoms with E-state index in [0.29, 0.717) is 26.4 Å². The number of rotatable bonds is 9. The SMILES string of the molecule is Cc1ccc(Cl)cc1N1CCN(C[C@@H](O)COCCOC23CC4CC(CC(C4)C2)C3)CC1. The van der Waals surface area contributed by atoms with Gasteiger partial charge in [-0.2, -0.15) is 0 Å². The summed E-state index contributed by atoms with van der Waals surface area (Å²) >= 11 is 6.19. The van der Waals surface area contributed by atoms with Crippen molar-refractivity contribution in [1.82, 2.24) is 4.90 Å². The highest BCUT2D eigenvalue weighted by atomic mass is 35.5. The van der Waals surface area contributed by atoms with Gasteiger partial charge in [0.15, 0.2) is 0 Å². The molecule has 1 atom stereocenters. The number of aryl methyl sites for hydroxylation is 1. The van der Waals surface area contributed by atoms with Gasteiger partial charge in [0.05, 0.1) is 31.5 Å². The summed E-state index contributed by atoms with van der Waals surface area (Å²) in [6.07, 6.45) is 7.68. The quantitative estimate of drug-likeness (QED) is 0.559. The van der Waals surface area contributed by atoms with Gasteiger partial charge in [-0.3, -0.25) is 4.90 Å². The lowest BCUT2D eigenvalue weighted by atomic mass is 9.54. The fourth-order valence-corrected chi connectivity index (χ4v) is 7.36. The molecule has 0 radical (unpaired) electrons. The minimum Gasteiger partial charge on any atom is -0.389 e. The number of β-amino-alcohol motifs (C(OH)–C–C–N with tert-alkyl or cyclic N) is 1. The number of benzene rings is 1. The van der Waals surface area contributed by atoms with E-state index in [0.717, 1.165) is 49.0 Å². The smallest absolute Gasteiger partial charge is 0.0900 e. The predicted molar refractivity (Wildman–Crippen MR) is 129 cm³/mol. The second kappa shape index (κ2) is 9.79. The van der Waals surface area contributed by atoms with Crippen molar-refractivity contribution in [3.8, 4) is 0 Å². The Kier molecular flexibility index (Phi) is 7.01. The van der Waals surface area contributed by atoms with Crippen molar-refractivity contribution in [2.75, 3.05) is 57.4 Å². The number of hydrogen-bond donors (Lipinski definition) is 1. The second-order valence-electron chi connectivity index (χ2n) is 10.9. The number of aliphatic hydroxyl groups excluding tert-OH is 1. The topological polar surface area (TPSA) is 45.2 Å². The third kappa shape index (κ3) is 5.28. The monoisotopic (exact) mass is 462 g/mol. The van der Waals surface area contributed by atoms with Crippen molar-refractivity contribution < 1.29 is 14.6 Å². The van der Waals surface area contributed by atoms with Crippen LogP contribution < -0.4 is 4.90 Å². The molecule has 4 bridgehead atoms. The molecule has 32 heavy (non-hydrogen) atoms. The molecule has 0 spiro atoms. The van der Waals surface area contributed by atoms with E-state index in [1.807, 2.05) is 6.07 Å². The zero-order valence-corrected chi connectivity index (χ0v) is 20.2. The van der Waals surface area contributed by atoms with E-state index >= 15 is 0 Å². The van der Waals surface area contributed by atoms with Crippen molar-refractivity contribution in [3.63, 3.8) is 0 Å². The molecule has 5 fully saturated rings. The summed E-state index contributed by atoms with van der Waals surface area (Å²) in [6.45, 7) is 8.22. The van der Waals surface area contributed by atoms with Gasteiger partial charge in [0.1, 0.15) is 0 Å². The molecule has 1 aromatic rings. The molecule has 178 valence electrons. The summed E-state index contributed by atoms with van der Waals surface area (Å²) in [4.78, 5) is 4.72. The van der Waals surface area contributed by atoms with E-state index in [1.54, 1.807) is 0 Å². The van der Waals surface area contributed by atoms with Crippen molar-refractivity contribution >= 4 is 17.3 Å². The Labute approximate surface area is 198 Å². The summed E-state index contributed by atoms with van der Waals surface area (Å²) in [6, 6.07) is 6.08. The molecule has 1 saturated heterocycles. The van der Waals surface area contributed by atoms with Crippen molar-refractivity contribution in [1.29, 1.82) is 0 Å². The third-order valence-corrected chi connectivity index (χ3v) is 8.52. The van der Waals surface area contributed by atoms with Gasteiger partial charge in [-0.1, -0.05) is 17.7 Å². The Hall–Kier alpha value is -0.850. The Morgan fingerprint density at radius 1 is 1.03 bits per heavy atom. The first-order valence-electron chi connectivity index (χ1n) is 12.6. The molecule has 1 aliphatic heterocycles. The van der Waals surface area contributed by atoms with Crippen molar-refractivity contribution in [2.45, 2.75) is 57.2 Å². The third-order valence-electron chi connectivity index (χ3n) is 8.28. The van der Waals surface area contributed by atoms with E-state index < -0.39 is 6.10 Å². The van der Waals surface area contributed by atoms with Crippen LogP contribution in [0.15, 0.2) is 18.2 Å². The van der Waals surface area contributed by atoms with E-state index in [9.17, 15) is 5.11 Å². The Bertz CT molecular complexity index is 745. The maximum Gasteiger partial charge on any atom is 0.0900 e. The highest BCUT2D eigenvalue weighted by molar-refractivity contribution is 6.30. The molecule has 0 aromatic heterocycles. The van der Waals surface area contributed by atoms with Gasteiger partial charge in [-0.15, -0.1) is 0 Å². The molecule has 6 heteroatoms. The summed E-state index contributed by atoms with van der Waals surface area (Å²) in [5, 5.41) is 11.2. The number of nitrogens with zero attached hydrogens (tertiary/aromatic N) is 2. The maximum atomic E-state index is 10.5. The van der Waals surface area contributed by atoms with Gasteiger partial charge < -0.3 is 19.5 Å². The molecule has 1 aromatic carbocycles. The molecular formula is C26H39ClN2O3. The van der Waals surface area contributed by atoms with Crippen LogP contribution in [0.4, 0.5) is 5.69 Å². The fraction of sp³-hybridized carbons (Fsp3) is 0.769. The van der Waals surface area contributed by atoms with E-state index in [-0.39, 0.29) is 5.60 Å². The van der Waals surface area contributed by atoms with Crippen LogP contribution in [-0.4, -0.2) is 74.3 Å². The Morgan fingerprint density at radius 3 is 2.34 bits per heavy atom. The second-order valence-corrected chi connectivity index (χ2v) is 11.3. The van der Waals surface area contributed by atoms with E-state index in [2.05, 4.69) is 28.9 Å². The number of piperazine rings is 1. The molecule has 0 unspecified atom stereocenters. The molecule has 4 saturated carbocycles. The molecule has 6 rings (SSSR count). The molecular weight excluding hydrogens is 424 g/mol. The fourth-order valence-electron chi connectivity index (χ4n) is 7.19. The van der Waals surface area contributed by atoms with Crippen molar-refractivity contribution in [3.05, 3.63) is 28.8 Å². The number of ether oxygens (including phenoxy) is 2. The zero-order chi connectivity index (χ0) is 22.1. The maximum absolute atomic E-state index is 10.5. The highest BCUT2D eigenvalue weighted by Gasteiger charge is 2.51. The van der Waals surface area contributed by atoms with Crippen LogP contribution in [-0.2, 0) is 9.47 Å². The first-order chi connectivity index (χ1) is 15.5. The molecule has 0 amide bonds. The average molecular weight is 463 g/mol. The summed E-state index contributed by atoms with van der Waals surface area (Å²) in [5.41, 5.74) is 2.63. The number of aliphatic hydroxyl groups is 1. The van der Waals surface area contributed by atoms with Gasteiger partial charge in [0, 0.05) is 43.4 Å². The lowest BCUT2D eigenvalue weighted by Crippen LogP contribution is -2.52. The molecule has 1 N–H and O–H groups in total. The van der Waals surface area contributed by atoms with Gasteiger partial charge >= 0.3 is 0 Å². The molecule has 1 heterocycles. The Balaban J connectivity index is 0.977. The van der Waals surface area contributed by atoms with Crippen molar-refractivity contribution in [2.24, 2.45) is 17.8 Å². The molecule has 5 nitrogen and oxygen atoms in total. The highest BCUT2D eigenvalue weighted by Crippen LogP contribution is 2.57. The average Bonchev–Trinajstić information content (AvgIpc) is 2.75. The van der Waals surface area contributed by atoms with E-state index in [4.69, 9.17) is 21.1 Å². The first kappa shape index (κ1) is 22.9. The standard InChI is InChI=1S/C26H39ClN2O3/c1-19-2-3-23(27)13-25(19)29-6-4-28(5-7-29)17-24(30)18-31-8-9-32-26-14-20-10-21(15-26)12-22(11-20)16-26/h2-3,13,20-22,24,30H,4-12,14-18H2,1H3/t20?,21?,22?,24-,26?/m1/s1. The normalized spacial score (nSPS) is 33.1. The van der Waals surface area contributed by atoms with Crippen LogP contribution in [0.25, 0.3) is 0 Å². The van der Waals surface area contributed by atoms with Crippen LogP contribution in [0.1, 0.15) is 44.1 Å². The van der Waals surface area contributed by atoms with Crippen LogP contribution in [0.2, 0.25) is 5.02 Å². The lowest BCUT2D eigenvalue weighted by molar-refractivity contribution is -0.170. The minimum absolute atomic E-state index is 0.151. The van der Waals surface area contributed by atoms with Crippen LogP contribution in [0, 0.1) is 24.7 Å². The number of hydrogen-bond acceptors (Lipinski definition) is 5. The van der Waals surface area contributed by atoms with Gasteiger partial charge in [-0.05, 0) is 80.9 Å². The van der Waals surface area contributed by atoms with Crippen LogP contribution in [0.5, 0.6) is 0 Å². The number of halogens is 1.